The molecule has 27 heavy (non-hydrogen) atoms. The summed E-state index contributed by atoms with van der Waals surface area (Å²) >= 11 is 0. The van der Waals surface area contributed by atoms with E-state index in [1.807, 2.05) is 24.3 Å². The van der Waals surface area contributed by atoms with Crippen molar-refractivity contribution >= 4 is 39.9 Å². The van der Waals surface area contributed by atoms with Crippen molar-refractivity contribution in [3.63, 3.8) is 0 Å². The van der Waals surface area contributed by atoms with Gasteiger partial charge in [-0.3, -0.25) is 10.0 Å². The van der Waals surface area contributed by atoms with E-state index in [4.69, 9.17) is 5.21 Å². The number of para-hydroxylation sites is 1. The second-order valence-electron chi connectivity index (χ2n) is 6.25. The normalized spacial score (nSPS) is 10.9. The van der Waals surface area contributed by atoms with Crippen molar-refractivity contribution in [3.8, 4) is 0 Å². The molecule has 0 atom stereocenters. The number of carbonyl (C=O) groups is 1. The predicted octanol–water partition coefficient (Wildman–Crippen LogP) is 3.91. The lowest BCUT2D eigenvalue weighted by atomic mass is 10.1. The van der Waals surface area contributed by atoms with Crippen molar-refractivity contribution in [2.75, 3.05) is 6.54 Å². The number of hydrogen-bond donors (Lipinski definition) is 4. The molecule has 0 bridgehead atoms. The molecule has 0 spiro atoms. The first-order valence-electron chi connectivity index (χ1n) is 8.65. The van der Waals surface area contributed by atoms with Gasteiger partial charge in [-0.25, -0.2) is 5.48 Å². The molecule has 0 fully saturated rings. The van der Waals surface area contributed by atoms with Crippen LogP contribution in [0.1, 0.15) is 22.4 Å². The Kier molecular flexibility index (Phi) is 7.79. The molecule has 0 saturated carbocycles. The Morgan fingerprint density at radius 1 is 1.15 bits per heavy atom. The number of benzene rings is 2. The van der Waals surface area contributed by atoms with Gasteiger partial charge in [0.1, 0.15) is 0 Å². The van der Waals surface area contributed by atoms with Gasteiger partial charge in [-0.2, -0.15) is 0 Å². The van der Waals surface area contributed by atoms with Crippen molar-refractivity contribution in [3.05, 3.63) is 77.0 Å². The Morgan fingerprint density at radius 2 is 1.89 bits per heavy atom. The van der Waals surface area contributed by atoms with Gasteiger partial charge in [0.2, 0.25) is 0 Å². The molecule has 0 unspecified atom stereocenters. The molecule has 142 valence electrons. The molecule has 3 rings (SSSR count). The van der Waals surface area contributed by atoms with Gasteiger partial charge < -0.3 is 10.3 Å². The van der Waals surface area contributed by atoms with E-state index in [-0.39, 0.29) is 17.0 Å². The molecular weight excluding hydrogens is 406 g/mol. The maximum Gasteiger partial charge on any atom is 0.267 e. The number of nitrogens with one attached hydrogen (secondary N) is 3. The highest BCUT2D eigenvalue weighted by Crippen LogP contribution is 2.21. The zero-order chi connectivity index (χ0) is 18.4. The van der Waals surface area contributed by atoms with Gasteiger partial charge >= 0.3 is 0 Å². The number of carbonyl (C=O) groups excluding carboxylic acids is 1. The minimum Gasteiger partial charge on any atom is -0.358 e. The van der Waals surface area contributed by atoms with Crippen molar-refractivity contribution in [2.45, 2.75) is 19.9 Å². The van der Waals surface area contributed by atoms with Gasteiger partial charge in [0.15, 0.2) is 0 Å². The molecule has 0 aliphatic rings. The summed E-state index contributed by atoms with van der Waals surface area (Å²) < 4.78 is 0. The SMILES string of the molecule is Br.Cc1[nH]c2ccccc2c1CCNCc1ccc(/C=C/C(=O)NO)cc1. The number of rotatable bonds is 7. The second-order valence-corrected chi connectivity index (χ2v) is 6.25. The summed E-state index contributed by atoms with van der Waals surface area (Å²) in [5, 5.41) is 13.2. The van der Waals surface area contributed by atoms with Crippen molar-refractivity contribution in [1.29, 1.82) is 0 Å². The van der Waals surface area contributed by atoms with Gasteiger partial charge in [-0.05, 0) is 48.7 Å². The summed E-state index contributed by atoms with van der Waals surface area (Å²) in [6.07, 6.45) is 3.92. The lowest BCUT2D eigenvalue weighted by Crippen LogP contribution is -2.16. The number of aromatic nitrogens is 1. The lowest BCUT2D eigenvalue weighted by molar-refractivity contribution is -0.124. The van der Waals surface area contributed by atoms with Crippen molar-refractivity contribution in [2.24, 2.45) is 0 Å². The first-order chi connectivity index (χ1) is 12.7. The Balaban J connectivity index is 0.00000261. The number of hydroxylamine groups is 1. The van der Waals surface area contributed by atoms with Crippen LogP contribution in [0.25, 0.3) is 17.0 Å². The monoisotopic (exact) mass is 429 g/mol. The number of fused-ring (bicyclic) bond motifs is 1. The molecule has 5 nitrogen and oxygen atoms in total. The van der Waals surface area contributed by atoms with Gasteiger partial charge in [0.25, 0.3) is 5.91 Å². The maximum atomic E-state index is 11.0. The molecule has 0 saturated heterocycles. The molecule has 2 aromatic carbocycles. The smallest absolute Gasteiger partial charge is 0.267 e. The zero-order valence-electron chi connectivity index (χ0n) is 15.2. The summed E-state index contributed by atoms with van der Waals surface area (Å²) in [6, 6.07) is 16.4. The number of H-pyrrole nitrogens is 1. The number of halogens is 1. The maximum absolute atomic E-state index is 11.0. The molecule has 0 radical (unpaired) electrons. The third kappa shape index (κ3) is 5.53. The Labute approximate surface area is 169 Å². The molecule has 4 N–H and O–H groups in total. The summed E-state index contributed by atoms with van der Waals surface area (Å²) in [5.74, 6) is -0.539. The minimum absolute atomic E-state index is 0. The minimum atomic E-state index is -0.539. The third-order valence-corrected chi connectivity index (χ3v) is 4.42. The lowest BCUT2D eigenvalue weighted by Gasteiger charge is -2.06. The van der Waals surface area contributed by atoms with E-state index in [0.29, 0.717) is 0 Å². The van der Waals surface area contributed by atoms with Crippen LogP contribution in [0.4, 0.5) is 0 Å². The fourth-order valence-corrected chi connectivity index (χ4v) is 3.06. The van der Waals surface area contributed by atoms with Gasteiger partial charge in [0.05, 0.1) is 0 Å². The zero-order valence-corrected chi connectivity index (χ0v) is 16.9. The fraction of sp³-hybridized carbons (Fsp3) is 0.190. The van der Waals surface area contributed by atoms with Gasteiger partial charge in [-0.15, -0.1) is 17.0 Å². The van der Waals surface area contributed by atoms with Crippen LogP contribution in [-0.4, -0.2) is 22.6 Å². The molecule has 1 heterocycles. The summed E-state index contributed by atoms with van der Waals surface area (Å²) in [6.45, 7) is 3.82. The number of aromatic amines is 1. The van der Waals surface area contributed by atoms with Gasteiger partial charge in [0, 0.05) is 29.2 Å². The number of amides is 1. The molecule has 1 amide bonds. The van der Waals surface area contributed by atoms with Crippen LogP contribution >= 0.6 is 17.0 Å². The molecule has 3 aromatic rings. The van der Waals surface area contributed by atoms with Crippen LogP contribution in [-0.2, 0) is 17.8 Å². The van der Waals surface area contributed by atoms with Crippen molar-refractivity contribution < 1.29 is 10.0 Å². The topological polar surface area (TPSA) is 77.2 Å². The van der Waals surface area contributed by atoms with Crippen LogP contribution in [0.2, 0.25) is 0 Å². The van der Waals surface area contributed by atoms with Gasteiger partial charge in [-0.1, -0.05) is 42.5 Å². The summed E-state index contributed by atoms with van der Waals surface area (Å²) in [5.41, 5.74) is 7.46. The first-order valence-corrected chi connectivity index (χ1v) is 8.65. The quantitative estimate of drug-likeness (QED) is 0.199. The third-order valence-electron chi connectivity index (χ3n) is 4.42. The number of hydrogen-bond acceptors (Lipinski definition) is 3. The molecule has 0 aliphatic heterocycles. The average Bonchev–Trinajstić information content (AvgIpc) is 2.99. The van der Waals surface area contributed by atoms with Crippen molar-refractivity contribution in [1.82, 2.24) is 15.8 Å². The fourth-order valence-electron chi connectivity index (χ4n) is 3.06. The van der Waals surface area contributed by atoms with E-state index in [2.05, 4.69) is 41.5 Å². The Bertz CT molecular complexity index is 917. The van der Waals surface area contributed by atoms with E-state index in [0.717, 1.165) is 25.1 Å². The van der Waals surface area contributed by atoms with E-state index in [1.165, 1.54) is 33.8 Å². The standard InChI is InChI=1S/C21H23N3O2.BrH/c1-15-18(19-4-2-3-5-20(19)23-15)12-13-22-14-17-8-6-16(7-9-17)10-11-21(25)24-26;/h2-11,22-23,26H,12-14H2,1H3,(H,24,25);1H/b11-10+;. The van der Waals surface area contributed by atoms with E-state index in [9.17, 15) is 4.79 Å². The van der Waals surface area contributed by atoms with Crippen LogP contribution in [0.3, 0.4) is 0 Å². The van der Waals surface area contributed by atoms with Crippen LogP contribution in [0.15, 0.2) is 54.6 Å². The first kappa shape index (κ1) is 20.9. The second kappa shape index (κ2) is 10.1. The highest BCUT2D eigenvalue weighted by molar-refractivity contribution is 8.93. The highest BCUT2D eigenvalue weighted by atomic mass is 79.9. The largest absolute Gasteiger partial charge is 0.358 e. The van der Waals surface area contributed by atoms with E-state index in [1.54, 1.807) is 11.6 Å². The molecule has 0 aliphatic carbocycles. The van der Waals surface area contributed by atoms with E-state index >= 15 is 0 Å². The molecule has 1 aromatic heterocycles. The highest BCUT2D eigenvalue weighted by Gasteiger charge is 2.07. The Morgan fingerprint density at radius 3 is 2.63 bits per heavy atom. The van der Waals surface area contributed by atoms with Crippen LogP contribution in [0.5, 0.6) is 0 Å². The summed E-state index contributed by atoms with van der Waals surface area (Å²) in [7, 11) is 0. The van der Waals surface area contributed by atoms with Crippen LogP contribution in [0, 0.1) is 6.92 Å². The molecular formula is C21H24BrN3O2. The average molecular weight is 430 g/mol. The Hall–Kier alpha value is -2.41. The summed E-state index contributed by atoms with van der Waals surface area (Å²) in [4.78, 5) is 14.4. The predicted molar refractivity (Wildman–Crippen MR) is 114 cm³/mol. The molecule has 6 heteroatoms. The van der Waals surface area contributed by atoms with Crippen LogP contribution < -0.4 is 10.8 Å². The van der Waals surface area contributed by atoms with E-state index < -0.39 is 5.91 Å². The number of aryl methyl sites for hydroxylation is 1.